The van der Waals surface area contributed by atoms with Gasteiger partial charge in [-0.15, -0.1) is 0 Å². The SMILES string of the molecule is COc1ccc(C)c2c1N(C(=O)C1CCN(S(=O)(=O)c3cccc(C(F)(F)F)c3)CC1)CCC2. The first-order valence-corrected chi connectivity index (χ1v) is 12.6. The fourth-order valence-corrected chi connectivity index (χ4v) is 6.30. The summed E-state index contributed by atoms with van der Waals surface area (Å²) in [6.45, 7) is 2.71. The second-order valence-electron chi connectivity index (χ2n) is 8.71. The lowest BCUT2D eigenvalue weighted by Gasteiger charge is -2.37. The van der Waals surface area contributed by atoms with Crippen LogP contribution in [0.1, 0.15) is 36.0 Å². The number of hydrogen-bond donors (Lipinski definition) is 0. The molecule has 1 fully saturated rings. The molecule has 0 bridgehead atoms. The Hall–Kier alpha value is -2.59. The van der Waals surface area contributed by atoms with Crippen molar-refractivity contribution in [1.82, 2.24) is 4.31 Å². The number of aryl methyl sites for hydroxylation is 1. The van der Waals surface area contributed by atoms with Crippen LogP contribution in [0.5, 0.6) is 5.75 Å². The maximum atomic E-state index is 13.5. The molecule has 34 heavy (non-hydrogen) atoms. The van der Waals surface area contributed by atoms with Crippen molar-refractivity contribution in [3.8, 4) is 5.75 Å². The minimum Gasteiger partial charge on any atom is -0.495 e. The van der Waals surface area contributed by atoms with Gasteiger partial charge >= 0.3 is 6.18 Å². The number of piperidine rings is 1. The van der Waals surface area contributed by atoms with E-state index in [-0.39, 0.29) is 24.9 Å². The molecular formula is C24H27F3N2O4S. The quantitative estimate of drug-likeness (QED) is 0.629. The van der Waals surface area contributed by atoms with Crippen LogP contribution in [0, 0.1) is 12.8 Å². The first-order chi connectivity index (χ1) is 16.0. The largest absolute Gasteiger partial charge is 0.495 e. The summed E-state index contributed by atoms with van der Waals surface area (Å²) < 4.78 is 71.8. The molecule has 0 radical (unpaired) electrons. The van der Waals surface area contributed by atoms with Crippen LogP contribution in [-0.2, 0) is 27.4 Å². The van der Waals surface area contributed by atoms with Gasteiger partial charge in [0.1, 0.15) is 5.75 Å². The van der Waals surface area contributed by atoms with Crippen molar-refractivity contribution in [3.63, 3.8) is 0 Å². The number of amides is 1. The number of rotatable bonds is 4. The molecule has 10 heteroatoms. The summed E-state index contributed by atoms with van der Waals surface area (Å²) in [5, 5.41) is 0. The number of carbonyl (C=O) groups is 1. The van der Waals surface area contributed by atoms with Gasteiger partial charge in [0.05, 0.1) is 23.3 Å². The molecule has 2 aromatic rings. The van der Waals surface area contributed by atoms with E-state index < -0.39 is 26.7 Å². The molecule has 0 N–H and O–H groups in total. The summed E-state index contributed by atoms with van der Waals surface area (Å²) in [7, 11) is -2.53. The van der Waals surface area contributed by atoms with Crippen molar-refractivity contribution >= 4 is 21.6 Å². The maximum Gasteiger partial charge on any atom is 0.416 e. The Morgan fingerprint density at radius 3 is 2.44 bits per heavy atom. The van der Waals surface area contributed by atoms with E-state index in [0.29, 0.717) is 31.2 Å². The number of halogens is 3. The van der Waals surface area contributed by atoms with Gasteiger partial charge in [-0.1, -0.05) is 12.1 Å². The number of hydrogen-bond acceptors (Lipinski definition) is 4. The highest BCUT2D eigenvalue weighted by molar-refractivity contribution is 7.89. The Morgan fingerprint density at radius 2 is 1.79 bits per heavy atom. The summed E-state index contributed by atoms with van der Waals surface area (Å²) in [4.78, 5) is 14.8. The zero-order valence-electron chi connectivity index (χ0n) is 19.1. The van der Waals surface area contributed by atoms with Gasteiger partial charge in [0.2, 0.25) is 15.9 Å². The van der Waals surface area contributed by atoms with E-state index in [9.17, 15) is 26.4 Å². The molecular weight excluding hydrogens is 469 g/mol. The van der Waals surface area contributed by atoms with Gasteiger partial charge in [0, 0.05) is 25.6 Å². The molecule has 1 amide bonds. The Morgan fingerprint density at radius 1 is 1.09 bits per heavy atom. The highest BCUT2D eigenvalue weighted by Gasteiger charge is 2.37. The van der Waals surface area contributed by atoms with E-state index in [1.54, 1.807) is 12.0 Å². The lowest BCUT2D eigenvalue weighted by atomic mass is 9.92. The topological polar surface area (TPSA) is 66.9 Å². The van der Waals surface area contributed by atoms with Crippen molar-refractivity contribution in [1.29, 1.82) is 0 Å². The van der Waals surface area contributed by atoms with Crippen molar-refractivity contribution in [2.75, 3.05) is 31.6 Å². The molecule has 2 aliphatic rings. The van der Waals surface area contributed by atoms with Crippen LogP contribution >= 0.6 is 0 Å². The van der Waals surface area contributed by atoms with Crippen molar-refractivity contribution in [2.45, 2.75) is 43.7 Å². The number of anilines is 1. The number of sulfonamides is 1. The Kier molecular flexibility index (Phi) is 6.65. The van der Waals surface area contributed by atoms with E-state index >= 15 is 0 Å². The highest BCUT2D eigenvalue weighted by atomic mass is 32.2. The average molecular weight is 497 g/mol. The average Bonchev–Trinajstić information content (AvgIpc) is 2.83. The fraction of sp³-hybridized carbons (Fsp3) is 0.458. The van der Waals surface area contributed by atoms with Crippen molar-refractivity contribution in [3.05, 3.63) is 53.1 Å². The molecule has 1 saturated heterocycles. The molecule has 2 aliphatic heterocycles. The number of fused-ring (bicyclic) bond motifs is 1. The monoisotopic (exact) mass is 496 g/mol. The summed E-state index contributed by atoms with van der Waals surface area (Å²) in [5.41, 5.74) is 1.96. The van der Waals surface area contributed by atoms with Crippen LogP contribution in [0.4, 0.5) is 18.9 Å². The third kappa shape index (κ3) is 4.53. The fourth-order valence-electron chi connectivity index (χ4n) is 4.78. The van der Waals surface area contributed by atoms with Gasteiger partial charge in [0.15, 0.2) is 0 Å². The molecule has 0 atom stereocenters. The van der Waals surface area contributed by atoms with E-state index in [1.807, 2.05) is 19.1 Å². The molecule has 6 nitrogen and oxygen atoms in total. The number of ether oxygens (including phenoxy) is 1. The number of methoxy groups -OCH3 is 1. The van der Waals surface area contributed by atoms with Crippen LogP contribution in [-0.4, -0.2) is 45.4 Å². The Balaban J connectivity index is 1.50. The summed E-state index contributed by atoms with van der Waals surface area (Å²) in [5.74, 6) is 0.198. The van der Waals surface area contributed by atoms with Gasteiger partial charge in [-0.2, -0.15) is 17.5 Å². The first kappa shape index (κ1) is 24.5. The van der Waals surface area contributed by atoms with Gasteiger partial charge < -0.3 is 9.64 Å². The molecule has 0 saturated carbocycles. The highest BCUT2D eigenvalue weighted by Crippen LogP contribution is 2.40. The van der Waals surface area contributed by atoms with Gasteiger partial charge in [-0.25, -0.2) is 8.42 Å². The molecule has 4 rings (SSSR count). The van der Waals surface area contributed by atoms with Gasteiger partial charge in [-0.3, -0.25) is 4.79 Å². The van der Waals surface area contributed by atoms with Gasteiger partial charge in [-0.05, 0) is 68.0 Å². The second-order valence-corrected chi connectivity index (χ2v) is 10.6. The molecule has 0 spiro atoms. The molecule has 2 aromatic carbocycles. The third-order valence-electron chi connectivity index (χ3n) is 6.65. The summed E-state index contributed by atoms with van der Waals surface area (Å²) in [6.07, 6.45) is -2.34. The van der Waals surface area contributed by atoms with E-state index in [1.165, 1.54) is 10.4 Å². The lowest BCUT2D eigenvalue weighted by Crippen LogP contribution is -2.46. The zero-order chi connectivity index (χ0) is 24.7. The minimum absolute atomic E-state index is 0.0685. The van der Waals surface area contributed by atoms with Crippen LogP contribution in [0.25, 0.3) is 0 Å². The smallest absolute Gasteiger partial charge is 0.416 e. The van der Waals surface area contributed by atoms with Crippen molar-refractivity contribution in [2.24, 2.45) is 5.92 Å². The van der Waals surface area contributed by atoms with Crippen LogP contribution in [0.15, 0.2) is 41.3 Å². The predicted molar refractivity (Wildman–Crippen MR) is 121 cm³/mol. The van der Waals surface area contributed by atoms with E-state index in [2.05, 4.69) is 0 Å². The predicted octanol–water partition coefficient (Wildman–Crippen LogP) is 4.40. The molecule has 184 valence electrons. The maximum absolute atomic E-state index is 13.5. The Bertz CT molecular complexity index is 1190. The number of alkyl halides is 3. The van der Waals surface area contributed by atoms with Crippen LogP contribution in [0.2, 0.25) is 0 Å². The van der Waals surface area contributed by atoms with Crippen molar-refractivity contribution < 1.29 is 31.1 Å². The van der Waals surface area contributed by atoms with Crippen LogP contribution < -0.4 is 9.64 Å². The third-order valence-corrected chi connectivity index (χ3v) is 8.54. The first-order valence-electron chi connectivity index (χ1n) is 11.2. The Labute approximate surface area is 197 Å². The molecule has 2 heterocycles. The molecule has 0 aliphatic carbocycles. The minimum atomic E-state index is -4.63. The lowest BCUT2D eigenvalue weighted by molar-refractivity contribution is -0.137. The van der Waals surface area contributed by atoms with E-state index in [0.717, 1.165) is 41.8 Å². The number of nitrogens with zero attached hydrogens (tertiary/aromatic N) is 2. The second kappa shape index (κ2) is 9.22. The molecule has 0 unspecified atom stereocenters. The summed E-state index contributed by atoms with van der Waals surface area (Å²) in [6, 6.07) is 7.59. The van der Waals surface area contributed by atoms with E-state index in [4.69, 9.17) is 4.74 Å². The zero-order valence-corrected chi connectivity index (χ0v) is 19.9. The normalized spacial score (nSPS) is 18.0. The van der Waals surface area contributed by atoms with Crippen LogP contribution in [0.3, 0.4) is 0 Å². The standard InChI is InChI=1S/C24H27F3N2O4S/c1-16-8-9-21(33-2)22-20(16)7-4-12-29(22)23(30)17-10-13-28(14-11-17)34(31,32)19-6-3-5-18(15-19)24(25,26)27/h3,5-6,8-9,15,17H,4,7,10-14H2,1-2H3. The molecule has 0 aromatic heterocycles. The van der Waals surface area contributed by atoms with Gasteiger partial charge in [0.25, 0.3) is 0 Å². The number of benzene rings is 2. The summed E-state index contributed by atoms with van der Waals surface area (Å²) >= 11 is 0. The number of carbonyl (C=O) groups excluding carboxylic acids is 1.